The molecule has 0 amide bonds. The predicted octanol–water partition coefficient (Wildman–Crippen LogP) is 1.62. The van der Waals surface area contributed by atoms with Crippen molar-refractivity contribution in [3.8, 4) is 6.07 Å². The van der Waals surface area contributed by atoms with E-state index in [0.29, 0.717) is 11.1 Å². The first-order chi connectivity index (χ1) is 9.78. The molecular formula is C14H18N2O4S. The van der Waals surface area contributed by atoms with Gasteiger partial charge in [0.05, 0.1) is 17.4 Å². The summed E-state index contributed by atoms with van der Waals surface area (Å²) in [6, 6.07) is 8.15. The number of hydrogen-bond donors (Lipinski definition) is 2. The summed E-state index contributed by atoms with van der Waals surface area (Å²) in [6.07, 6.45) is 0.298. The number of nitrogens with one attached hydrogen (secondary N) is 1. The van der Waals surface area contributed by atoms with Gasteiger partial charge >= 0.3 is 5.97 Å². The first-order valence-electron chi connectivity index (χ1n) is 6.52. The summed E-state index contributed by atoms with van der Waals surface area (Å²) in [5.41, 5.74) is -0.697. The van der Waals surface area contributed by atoms with Crippen molar-refractivity contribution in [1.29, 1.82) is 5.26 Å². The van der Waals surface area contributed by atoms with Crippen LogP contribution in [0.5, 0.6) is 0 Å². The van der Waals surface area contributed by atoms with E-state index in [0.717, 1.165) is 0 Å². The zero-order valence-corrected chi connectivity index (χ0v) is 12.8. The van der Waals surface area contributed by atoms with E-state index in [-0.39, 0.29) is 18.6 Å². The van der Waals surface area contributed by atoms with E-state index in [9.17, 15) is 18.3 Å². The van der Waals surface area contributed by atoms with Crippen molar-refractivity contribution in [2.45, 2.75) is 38.0 Å². The zero-order valence-electron chi connectivity index (χ0n) is 12.0. The monoisotopic (exact) mass is 310 g/mol. The fourth-order valence-corrected chi connectivity index (χ4v) is 3.69. The van der Waals surface area contributed by atoms with E-state index in [1.807, 2.05) is 6.07 Å². The third-order valence-corrected chi connectivity index (χ3v) is 4.80. The van der Waals surface area contributed by atoms with Gasteiger partial charge in [0.1, 0.15) is 5.54 Å². The molecule has 0 spiro atoms. The number of hydrogen-bond acceptors (Lipinski definition) is 4. The number of nitriles is 1. The fourth-order valence-electron chi connectivity index (χ4n) is 2.02. The van der Waals surface area contributed by atoms with Crippen LogP contribution >= 0.6 is 0 Å². The van der Waals surface area contributed by atoms with E-state index in [1.165, 1.54) is 6.07 Å². The molecular weight excluding hydrogens is 292 g/mol. The lowest BCUT2D eigenvalue weighted by atomic mass is 9.95. The van der Waals surface area contributed by atoms with Crippen LogP contribution in [0.15, 0.2) is 24.3 Å². The number of carboxylic acid groups (broad SMARTS) is 1. The van der Waals surface area contributed by atoms with Crippen LogP contribution in [0, 0.1) is 11.3 Å². The van der Waals surface area contributed by atoms with Crippen LogP contribution in [0.1, 0.15) is 37.8 Å². The Morgan fingerprint density at radius 2 is 2.00 bits per heavy atom. The van der Waals surface area contributed by atoms with Gasteiger partial charge in [-0.25, -0.2) is 8.42 Å². The summed E-state index contributed by atoms with van der Waals surface area (Å²) < 4.78 is 26.6. The number of sulfonamides is 1. The summed E-state index contributed by atoms with van der Waals surface area (Å²) in [6.45, 7) is 3.24. The second-order valence-corrected chi connectivity index (χ2v) is 6.49. The van der Waals surface area contributed by atoms with E-state index in [1.54, 1.807) is 32.0 Å². The Labute approximate surface area is 124 Å². The van der Waals surface area contributed by atoms with Crippen molar-refractivity contribution in [2.75, 3.05) is 0 Å². The number of benzene rings is 1. The highest BCUT2D eigenvalue weighted by Gasteiger charge is 2.38. The van der Waals surface area contributed by atoms with Crippen LogP contribution in [0.2, 0.25) is 0 Å². The van der Waals surface area contributed by atoms with Gasteiger partial charge < -0.3 is 5.11 Å². The first kappa shape index (κ1) is 17.1. The molecule has 1 aromatic rings. The molecule has 2 N–H and O–H groups in total. The van der Waals surface area contributed by atoms with E-state index in [4.69, 9.17) is 5.26 Å². The minimum Gasteiger partial charge on any atom is -0.480 e. The second kappa shape index (κ2) is 6.70. The van der Waals surface area contributed by atoms with Crippen molar-refractivity contribution in [3.05, 3.63) is 35.4 Å². The fraction of sp³-hybridized carbons (Fsp3) is 0.429. The van der Waals surface area contributed by atoms with Crippen LogP contribution in [0.3, 0.4) is 0 Å². The zero-order chi connectivity index (χ0) is 16.1. The summed E-state index contributed by atoms with van der Waals surface area (Å²) in [4.78, 5) is 11.3. The summed E-state index contributed by atoms with van der Waals surface area (Å²) in [5, 5.41) is 18.1. The van der Waals surface area contributed by atoms with Crippen molar-refractivity contribution in [2.24, 2.45) is 0 Å². The van der Waals surface area contributed by atoms with Crippen LogP contribution in [0.25, 0.3) is 0 Å². The molecule has 114 valence electrons. The molecule has 0 aliphatic carbocycles. The van der Waals surface area contributed by atoms with E-state index >= 15 is 0 Å². The van der Waals surface area contributed by atoms with Crippen molar-refractivity contribution in [1.82, 2.24) is 4.72 Å². The molecule has 0 atom stereocenters. The van der Waals surface area contributed by atoms with Gasteiger partial charge in [-0.1, -0.05) is 26.0 Å². The first-order valence-corrected chi connectivity index (χ1v) is 8.18. The normalized spacial score (nSPS) is 11.9. The largest absolute Gasteiger partial charge is 0.480 e. The lowest BCUT2D eigenvalue weighted by molar-refractivity contribution is -0.144. The van der Waals surface area contributed by atoms with Crippen LogP contribution in [0.4, 0.5) is 0 Å². The van der Waals surface area contributed by atoms with Crippen molar-refractivity contribution >= 4 is 16.0 Å². The molecule has 0 saturated heterocycles. The van der Waals surface area contributed by atoms with Gasteiger partial charge in [0.15, 0.2) is 0 Å². The summed E-state index contributed by atoms with van der Waals surface area (Å²) >= 11 is 0. The van der Waals surface area contributed by atoms with Gasteiger partial charge in [-0.15, -0.1) is 0 Å². The molecule has 0 fully saturated rings. The molecule has 0 radical (unpaired) electrons. The number of carboxylic acids is 1. The third-order valence-electron chi connectivity index (χ3n) is 3.38. The topological polar surface area (TPSA) is 107 Å². The molecule has 6 nitrogen and oxygen atoms in total. The highest BCUT2D eigenvalue weighted by atomic mass is 32.2. The van der Waals surface area contributed by atoms with Gasteiger partial charge in [-0.05, 0) is 30.5 Å². The minimum atomic E-state index is -3.83. The Hall–Kier alpha value is -1.91. The van der Waals surface area contributed by atoms with E-state index < -0.39 is 21.5 Å². The Morgan fingerprint density at radius 3 is 2.48 bits per heavy atom. The average molecular weight is 310 g/mol. The molecule has 0 unspecified atom stereocenters. The quantitative estimate of drug-likeness (QED) is 0.795. The van der Waals surface area contributed by atoms with Crippen LogP contribution < -0.4 is 4.72 Å². The van der Waals surface area contributed by atoms with Gasteiger partial charge in [-0.3, -0.25) is 4.79 Å². The third kappa shape index (κ3) is 4.28. The molecule has 0 aromatic heterocycles. The summed E-state index contributed by atoms with van der Waals surface area (Å²) in [7, 11) is -3.83. The predicted molar refractivity (Wildman–Crippen MR) is 77.9 cm³/mol. The maximum absolute atomic E-state index is 12.2. The van der Waals surface area contributed by atoms with Crippen molar-refractivity contribution < 1.29 is 18.3 Å². The van der Waals surface area contributed by atoms with E-state index in [2.05, 4.69) is 4.72 Å². The van der Waals surface area contributed by atoms with Gasteiger partial charge in [0, 0.05) is 0 Å². The standard InChI is InChI=1S/C14H18N2O4S/c1-3-14(4-2,13(17)18)16-21(19,20)10-12-7-5-6-11(8-12)9-15/h5-8,16H,3-4,10H2,1-2H3,(H,17,18). The number of carbonyl (C=O) groups is 1. The van der Waals surface area contributed by atoms with Gasteiger partial charge in [0.25, 0.3) is 0 Å². The Balaban J connectivity index is 3.01. The minimum absolute atomic E-state index is 0.149. The molecule has 0 bridgehead atoms. The molecule has 21 heavy (non-hydrogen) atoms. The Morgan fingerprint density at radius 1 is 1.38 bits per heavy atom. The van der Waals surface area contributed by atoms with Crippen molar-refractivity contribution in [3.63, 3.8) is 0 Å². The average Bonchev–Trinajstić information content (AvgIpc) is 2.44. The number of aliphatic carboxylic acids is 1. The molecule has 1 rings (SSSR count). The van der Waals surface area contributed by atoms with Gasteiger partial charge in [-0.2, -0.15) is 9.98 Å². The molecule has 0 aliphatic heterocycles. The number of nitrogens with zero attached hydrogens (tertiary/aromatic N) is 1. The Bertz CT molecular complexity index is 658. The molecule has 1 aromatic carbocycles. The van der Waals surface area contributed by atoms with Crippen LogP contribution in [-0.4, -0.2) is 25.0 Å². The second-order valence-electron chi connectivity index (χ2n) is 4.77. The molecule has 0 aliphatic rings. The Kier molecular flexibility index (Phi) is 5.47. The number of rotatable bonds is 7. The lowest BCUT2D eigenvalue weighted by Gasteiger charge is -2.27. The SMILES string of the molecule is CCC(CC)(NS(=O)(=O)Cc1cccc(C#N)c1)C(=O)O. The van der Waals surface area contributed by atoms with Gasteiger partial charge in [0.2, 0.25) is 10.0 Å². The van der Waals surface area contributed by atoms with Crippen LogP contribution in [-0.2, 0) is 20.6 Å². The lowest BCUT2D eigenvalue weighted by Crippen LogP contribution is -2.53. The molecule has 0 heterocycles. The maximum Gasteiger partial charge on any atom is 0.324 e. The smallest absolute Gasteiger partial charge is 0.324 e. The molecule has 0 saturated carbocycles. The highest BCUT2D eigenvalue weighted by Crippen LogP contribution is 2.18. The highest BCUT2D eigenvalue weighted by molar-refractivity contribution is 7.88. The summed E-state index contributed by atoms with van der Waals surface area (Å²) in [5.74, 6) is -1.56. The molecule has 7 heteroatoms. The maximum atomic E-state index is 12.2.